The predicted molar refractivity (Wildman–Crippen MR) is 121 cm³/mol. The largest absolute Gasteiger partial charge is 0.416 e. The second-order valence-electron chi connectivity index (χ2n) is 8.16. The predicted octanol–water partition coefficient (Wildman–Crippen LogP) is -0.560. The molecule has 0 bridgehead atoms. The number of nitrogens with zero attached hydrogens (tertiary/aromatic N) is 4. The van der Waals surface area contributed by atoms with Gasteiger partial charge in [-0.1, -0.05) is 0 Å². The third kappa shape index (κ3) is 5.68. The van der Waals surface area contributed by atoms with Gasteiger partial charge in [-0.25, -0.2) is 36.5 Å². The summed E-state index contributed by atoms with van der Waals surface area (Å²) in [5.41, 5.74) is 5.09. The fourth-order valence-electron chi connectivity index (χ4n) is 3.72. The molecular weight excluding hydrogens is 545 g/mol. The maximum atomic E-state index is 12.7. The molecule has 3 aromatic rings. The van der Waals surface area contributed by atoms with Crippen molar-refractivity contribution in [1.82, 2.24) is 24.2 Å². The molecule has 4 atom stereocenters. The lowest BCUT2D eigenvalue weighted by Gasteiger charge is -2.16. The quantitative estimate of drug-likeness (QED) is 0.272. The Morgan fingerprint density at radius 3 is 2.38 bits per heavy atom. The van der Waals surface area contributed by atoms with Crippen LogP contribution in [0.3, 0.4) is 0 Å². The van der Waals surface area contributed by atoms with Gasteiger partial charge in [-0.05, 0) is 24.3 Å². The van der Waals surface area contributed by atoms with Crippen LogP contribution in [0.5, 0.6) is 0 Å². The number of sulfonamides is 1. The van der Waals surface area contributed by atoms with Gasteiger partial charge in [0.1, 0.15) is 30.2 Å². The average Bonchev–Trinajstić information content (AvgIpc) is 3.35. The maximum absolute atomic E-state index is 12.7. The second-order valence-corrected chi connectivity index (χ2v) is 12.2. The van der Waals surface area contributed by atoms with E-state index in [1.807, 2.05) is 4.72 Å². The summed E-state index contributed by atoms with van der Waals surface area (Å²) in [7, 11) is -8.33. The number of nitrogens with one attached hydrogen (secondary N) is 1. The Morgan fingerprint density at radius 2 is 1.73 bits per heavy atom. The first-order valence-corrected chi connectivity index (χ1v) is 13.8. The molecule has 1 aromatic carbocycles. The van der Waals surface area contributed by atoms with Crippen LogP contribution in [0.4, 0.5) is 19.0 Å². The zero-order valence-corrected chi connectivity index (χ0v) is 20.3. The summed E-state index contributed by atoms with van der Waals surface area (Å²) in [6.45, 7) is -0.594. The topological polar surface area (TPSA) is 200 Å². The number of aliphatic hydroxyl groups is 2. The molecule has 18 heteroatoms. The molecule has 37 heavy (non-hydrogen) atoms. The van der Waals surface area contributed by atoms with E-state index in [0.717, 1.165) is 18.5 Å². The summed E-state index contributed by atoms with van der Waals surface area (Å²) >= 11 is 0. The van der Waals surface area contributed by atoms with Gasteiger partial charge in [0.05, 0.1) is 28.3 Å². The summed E-state index contributed by atoms with van der Waals surface area (Å²) in [6, 6.07) is 2.69. The lowest BCUT2D eigenvalue weighted by atomic mass is 10.1. The number of benzene rings is 1. The summed E-state index contributed by atoms with van der Waals surface area (Å²) < 4.78 is 96.6. The van der Waals surface area contributed by atoms with Crippen molar-refractivity contribution in [2.24, 2.45) is 0 Å². The normalized spacial score (nSPS) is 23.1. The van der Waals surface area contributed by atoms with E-state index >= 15 is 0 Å². The van der Waals surface area contributed by atoms with Gasteiger partial charge >= 0.3 is 6.18 Å². The zero-order chi connectivity index (χ0) is 27.2. The van der Waals surface area contributed by atoms with Gasteiger partial charge in [-0.2, -0.15) is 13.2 Å². The number of ether oxygens (including phenoxy) is 1. The average molecular weight is 567 g/mol. The number of nitrogens with two attached hydrogens (primary N) is 1. The number of aromatic nitrogens is 4. The fraction of sp³-hybridized carbons (Fsp3) is 0.421. The first-order valence-electron chi connectivity index (χ1n) is 10.5. The highest BCUT2D eigenvalue weighted by Gasteiger charge is 2.46. The molecule has 0 saturated carbocycles. The van der Waals surface area contributed by atoms with E-state index in [1.165, 1.54) is 10.9 Å². The fourth-order valence-corrected chi connectivity index (χ4v) is 6.24. The van der Waals surface area contributed by atoms with Crippen LogP contribution in [0.15, 0.2) is 41.8 Å². The monoisotopic (exact) mass is 566 g/mol. The van der Waals surface area contributed by atoms with E-state index in [2.05, 4.69) is 15.0 Å². The highest BCUT2D eigenvalue weighted by Crippen LogP contribution is 2.33. The second kappa shape index (κ2) is 9.76. The van der Waals surface area contributed by atoms with Gasteiger partial charge in [0.25, 0.3) is 0 Å². The zero-order valence-electron chi connectivity index (χ0n) is 18.6. The van der Waals surface area contributed by atoms with Crippen molar-refractivity contribution in [3.05, 3.63) is 42.5 Å². The highest BCUT2D eigenvalue weighted by atomic mass is 32.2. The summed E-state index contributed by atoms with van der Waals surface area (Å²) in [6.07, 6.45) is -8.02. The van der Waals surface area contributed by atoms with Crippen molar-refractivity contribution in [3.63, 3.8) is 0 Å². The summed E-state index contributed by atoms with van der Waals surface area (Å²) in [5.74, 6) is -1.40. The van der Waals surface area contributed by atoms with Crippen molar-refractivity contribution in [2.45, 2.75) is 35.6 Å². The van der Waals surface area contributed by atoms with E-state index in [9.17, 15) is 40.2 Å². The number of alkyl halides is 3. The molecule has 4 rings (SSSR count). The first-order chi connectivity index (χ1) is 17.2. The van der Waals surface area contributed by atoms with Crippen molar-refractivity contribution in [1.29, 1.82) is 0 Å². The lowest BCUT2D eigenvalue weighted by molar-refractivity contribution is -0.137. The number of fused-ring (bicyclic) bond motifs is 1. The van der Waals surface area contributed by atoms with Crippen molar-refractivity contribution < 1.29 is 45.0 Å². The molecule has 1 aliphatic heterocycles. The Labute approximate surface area is 208 Å². The van der Waals surface area contributed by atoms with E-state index in [-0.39, 0.29) is 17.0 Å². The molecule has 13 nitrogen and oxygen atoms in total. The molecule has 5 N–H and O–H groups in total. The third-order valence-corrected chi connectivity index (χ3v) is 8.75. The van der Waals surface area contributed by atoms with Gasteiger partial charge in [-0.15, -0.1) is 0 Å². The van der Waals surface area contributed by atoms with Crippen molar-refractivity contribution in [2.75, 3.05) is 23.8 Å². The smallest absolute Gasteiger partial charge is 0.387 e. The minimum atomic E-state index is -4.64. The lowest BCUT2D eigenvalue weighted by Crippen LogP contribution is -2.37. The number of hydrogen-bond acceptors (Lipinski definition) is 11. The SMILES string of the molecule is Nc1ncnc2c1ncn2[C@@H]1O[C@H](CS(=O)(=O)CCNS(=O)(=O)c2ccc(C(F)(F)F)cc2)[C@@H](O)[C@H]1O. The van der Waals surface area contributed by atoms with Gasteiger partial charge in [0, 0.05) is 6.54 Å². The molecular formula is C19H21F3N6O7S2. The molecule has 1 aliphatic rings. The molecule has 202 valence electrons. The molecule has 0 spiro atoms. The molecule has 2 aromatic heterocycles. The Kier molecular flexibility index (Phi) is 7.16. The number of rotatable bonds is 8. The number of sulfone groups is 1. The molecule has 0 amide bonds. The minimum absolute atomic E-state index is 0.0645. The van der Waals surface area contributed by atoms with Crippen LogP contribution in [0, 0.1) is 0 Å². The van der Waals surface area contributed by atoms with E-state index in [4.69, 9.17) is 10.5 Å². The van der Waals surface area contributed by atoms with Gasteiger partial charge < -0.3 is 20.7 Å². The number of halogens is 3. The number of hydrogen-bond donors (Lipinski definition) is 4. The number of nitrogen functional groups attached to an aromatic ring is 1. The Bertz CT molecular complexity index is 1500. The van der Waals surface area contributed by atoms with Crippen LogP contribution in [0.25, 0.3) is 11.2 Å². The molecule has 0 aliphatic carbocycles. The van der Waals surface area contributed by atoms with Crippen molar-refractivity contribution >= 4 is 36.8 Å². The maximum Gasteiger partial charge on any atom is 0.416 e. The van der Waals surface area contributed by atoms with Crippen molar-refractivity contribution in [3.8, 4) is 0 Å². The molecule has 0 unspecified atom stereocenters. The molecule has 3 heterocycles. The van der Waals surface area contributed by atoms with Gasteiger partial charge in [0.2, 0.25) is 10.0 Å². The van der Waals surface area contributed by atoms with E-state index in [0.29, 0.717) is 12.1 Å². The number of anilines is 1. The standard InChI is InChI=1S/C19H21F3N6O7S2/c20-19(21,22)10-1-3-11(4-2-10)37(33,34)27-5-6-36(31,32)7-12-14(29)15(30)18(35-12)28-9-26-13-16(23)24-8-25-17(13)28/h1-4,8-9,12,14-15,18,27,29-30H,5-7H2,(H2,23,24,25)/t12-,14-,15-,18-/m1/s1. The van der Waals surface area contributed by atoms with Gasteiger partial charge in [0.15, 0.2) is 27.5 Å². The van der Waals surface area contributed by atoms with E-state index < -0.39 is 79.1 Å². The third-order valence-electron chi connectivity index (χ3n) is 5.61. The van der Waals surface area contributed by atoms with Gasteiger partial charge in [-0.3, -0.25) is 4.57 Å². The number of aliphatic hydroxyl groups excluding tert-OH is 2. The van der Waals surface area contributed by atoms with E-state index in [1.54, 1.807) is 0 Å². The van der Waals surface area contributed by atoms with Crippen LogP contribution in [-0.2, 0) is 30.8 Å². The first kappa shape index (κ1) is 27.1. The minimum Gasteiger partial charge on any atom is -0.387 e. The Morgan fingerprint density at radius 1 is 1.05 bits per heavy atom. The van der Waals surface area contributed by atoms with Crippen LogP contribution >= 0.6 is 0 Å². The molecule has 0 radical (unpaired) electrons. The molecule has 1 saturated heterocycles. The number of imidazole rings is 1. The Hall–Kier alpha value is -2.90. The van der Waals surface area contributed by atoms with Crippen LogP contribution in [-0.4, -0.2) is 82.9 Å². The summed E-state index contributed by atoms with van der Waals surface area (Å²) in [4.78, 5) is 11.3. The Balaban J connectivity index is 1.38. The van der Waals surface area contributed by atoms with Crippen LogP contribution in [0.1, 0.15) is 11.8 Å². The van der Waals surface area contributed by atoms with Crippen LogP contribution in [0.2, 0.25) is 0 Å². The molecule has 1 fully saturated rings. The highest BCUT2D eigenvalue weighted by molar-refractivity contribution is 7.91. The van der Waals surface area contributed by atoms with Crippen LogP contribution < -0.4 is 10.5 Å². The summed E-state index contributed by atoms with van der Waals surface area (Å²) in [5, 5.41) is 20.8.